The van der Waals surface area contributed by atoms with Gasteiger partial charge in [-0.05, 0) is 43.2 Å². The molecule has 0 fully saturated rings. The van der Waals surface area contributed by atoms with Gasteiger partial charge in [-0.3, -0.25) is 0 Å². The molecule has 6 nitrogen and oxygen atoms in total. The number of fused-ring (bicyclic) bond motifs is 2. The third kappa shape index (κ3) is 2.80. The van der Waals surface area contributed by atoms with Gasteiger partial charge in [-0.25, -0.2) is 9.99 Å². The summed E-state index contributed by atoms with van der Waals surface area (Å²) in [4.78, 5) is 4.47. The maximum atomic E-state index is 5.89. The van der Waals surface area contributed by atoms with E-state index < -0.39 is 0 Å². The number of hydrogen-bond acceptors (Lipinski definition) is 7. The molecule has 2 aliphatic rings. The number of thiazole rings is 1. The maximum Gasteiger partial charge on any atom is 0.231 e. The molecule has 0 radical (unpaired) electrons. The van der Waals surface area contributed by atoms with E-state index in [0.717, 1.165) is 45.6 Å². The van der Waals surface area contributed by atoms with Crippen molar-refractivity contribution in [3.05, 3.63) is 64.7 Å². The molecule has 7 heteroatoms. The average molecular weight is 378 g/mol. The molecule has 3 heterocycles. The zero-order chi connectivity index (χ0) is 18.4. The molecule has 136 valence electrons. The minimum atomic E-state index is 0.154. The lowest BCUT2D eigenvalue weighted by molar-refractivity contribution is 0.174. The maximum absolute atomic E-state index is 5.89. The van der Waals surface area contributed by atoms with E-state index in [9.17, 15) is 0 Å². The Morgan fingerprint density at radius 1 is 1.15 bits per heavy atom. The molecule has 27 heavy (non-hydrogen) atoms. The van der Waals surface area contributed by atoms with Crippen LogP contribution >= 0.6 is 11.3 Å². The van der Waals surface area contributed by atoms with E-state index in [1.54, 1.807) is 17.5 Å². The van der Waals surface area contributed by atoms with Crippen molar-refractivity contribution in [3.63, 3.8) is 0 Å². The van der Waals surface area contributed by atoms with E-state index in [0.29, 0.717) is 0 Å². The first-order valence-electron chi connectivity index (χ1n) is 8.75. The van der Waals surface area contributed by atoms with Crippen molar-refractivity contribution in [2.24, 2.45) is 5.10 Å². The van der Waals surface area contributed by atoms with Crippen molar-refractivity contribution in [1.29, 1.82) is 0 Å². The number of nitrogen functional groups attached to an aromatic ring is 1. The summed E-state index contributed by atoms with van der Waals surface area (Å²) >= 11 is 1.58. The van der Waals surface area contributed by atoms with Crippen LogP contribution in [0.3, 0.4) is 0 Å². The second kappa shape index (κ2) is 6.28. The number of ether oxygens (including phenoxy) is 2. The Morgan fingerprint density at radius 3 is 2.67 bits per heavy atom. The molecule has 1 unspecified atom stereocenters. The Hall–Kier alpha value is -3.06. The number of anilines is 2. The van der Waals surface area contributed by atoms with Gasteiger partial charge in [0.15, 0.2) is 11.5 Å². The number of hydrogen-bond donors (Lipinski definition) is 1. The predicted octanol–water partition coefficient (Wildman–Crippen LogP) is 3.66. The van der Waals surface area contributed by atoms with Crippen molar-refractivity contribution >= 4 is 27.9 Å². The van der Waals surface area contributed by atoms with Crippen molar-refractivity contribution in [1.82, 2.24) is 4.98 Å². The van der Waals surface area contributed by atoms with Crippen LogP contribution in [0.5, 0.6) is 11.5 Å². The molecular formula is C20H18N4O2S. The first-order chi connectivity index (χ1) is 13.2. The molecule has 0 saturated carbocycles. The van der Waals surface area contributed by atoms with Crippen LogP contribution in [-0.2, 0) is 6.42 Å². The molecule has 3 aromatic rings. The van der Waals surface area contributed by atoms with Crippen LogP contribution in [0, 0.1) is 0 Å². The van der Waals surface area contributed by atoms with Gasteiger partial charge in [0.25, 0.3) is 0 Å². The monoisotopic (exact) mass is 378 g/mol. The highest BCUT2D eigenvalue weighted by Crippen LogP contribution is 2.38. The Kier molecular flexibility index (Phi) is 3.75. The first kappa shape index (κ1) is 16.1. The van der Waals surface area contributed by atoms with Gasteiger partial charge in [-0.1, -0.05) is 12.1 Å². The van der Waals surface area contributed by atoms with Crippen molar-refractivity contribution in [3.8, 4) is 11.5 Å². The molecule has 0 spiro atoms. The predicted molar refractivity (Wildman–Crippen MR) is 107 cm³/mol. The number of aromatic nitrogens is 1. The summed E-state index contributed by atoms with van der Waals surface area (Å²) in [5.74, 6) is 1.55. The van der Waals surface area contributed by atoms with Crippen LogP contribution in [0.2, 0.25) is 0 Å². The molecule has 0 bridgehead atoms. The van der Waals surface area contributed by atoms with E-state index in [1.165, 1.54) is 5.56 Å². The van der Waals surface area contributed by atoms with Gasteiger partial charge >= 0.3 is 0 Å². The summed E-state index contributed by atoms with van der Waals surface area (Å²) < 4.78 is 11.2. The second-order valence-electron chi connectivity index (χ2n) is 6.65. The van der Waals surface area contributed by atoms with Crippen LogP contribution in [0.25, 0.3) is 0 Å². The third-order valence-electron chi connectivity index (χ3n) is 4.79. The second-order valence-corrected chi connectivity index (χ2v) is 7.52. The average Bonchev–Trinajstić information content (AvgIpc) is 3.32. The summed E-state index contributed by atoms with van der Waals surface area (Å²) in [6.07, 6.45) is 2.63. The smallest absolute Gasteiger partial charge is 0.231 e. The largest absolute Gasteiger partial charge is 0.454 e. The minimum absolute atomic E-state index is 0.154. The molecule has 2 N–H and O–H groups in total. The normalized spacial score (nSPS) is 18.0. The third-order valence-corrected chi connectivity index (χ3v) is 5.55. The Morgan fingerprint density at radius 2 is 1.93 bits per heavy atom. The standard InChI is InChI=1S/C20H18N4O2S/c1-12-8-14-9-17-18(26-11-25-17)10-16(14)19(13-2-4-15(21)5-3-13)23-24(12)20-22-6-7-27-20/h2-7,9-10,12H,8,11,21H2,1H3. The van der Waals surface area contributed by atoms with Gasteiger partial charge in [-0.15, -0.1) is 11.3 Å². The van der Waals surface area contributed by atoms with E-state index >= 15 is 0 Å². The molecule has 5 rings (SSSR count). The molecular weight excluding hydrogens is 360 g/mol. The van der Waals surface area contributed by atoms with E-state index in [4.69, 9.17) is 20.3 Å². The molecule has 1 aromatic heterocycles. The summed E-state index contributed by atoms with van der Waals surface area (Å²) in [6.45, 7) is 2.42. The number of hydrazone groups is 1. The number of benzene rings is 2. The summed E-state index contributed by atoms with van der Waals surface area (Å²) in [5, 5.41) is 9.87. The molecule has 0 aliphatic carbocycles. The van der Waals surface area contributed by atoms with Crippen molar-refractivity contribution in [2.75, 3.05) is 17.5 Å². The molecule has 0 saturated heterocycles. The Labute approximate surface area is 160 Å². The fraction of sp³-hybridized carbons (Fsp3) is 0.200. The van der Waals surface area contributed by atoms with Crippen LogP contribution in [0.4, 0.5) is 10.8 Å². The lowest BCUT2D eigenvalue weighted by Gasteiger charge is -2.22. The Balaban J connectivity index is 1.71. The van der Waals surface area contributed by atoms with Crippen molar-refractivity contribution in [2.45, 2.75) is 19.4 Å². The van der Waals surface area contributed by atoms with E-state index in [2.05, 4.69) is 18.0 Å². The quantitative estimate of drug-likeness (QED) is 0.689. The van der Waals surface area contributed by atoms with E-state index in [1.807, 2.05) is 40.7 Å². The number of rotatable bonds is 2. The van der Waals surface area contributed by atoms with Gasteiger partial charge in [0.1, 0.15) is 0 Å². The van der Waals surface area contributed by atoms with Crippen LogP contribution in [0.1, 0.15) is 23.6 Å². The zero-order valence-electron chi connectivity index (χ0n) is 14.8. The van der Waals surface area contributed by atoms with Crippen LogP contribution < -0.4 is 20.2 Å². The van der Waals surface area contributed by atoms with Gasteiger partial charge in [0.2, 0.25) is 11.9 Å². The lowest BCUT2D eigenvalue weighted by atomic mass is 9.94. The molecule has 2 aromatic carbocycles. The molecule has 1 atom stereocenters. The van der Waals surface area contributed by atoms with Gasteiger partial charge in [0.05, 0.1) is 11.8 Å². The number of nitrogens with zero attached hydrogens (tertiary/aromatic N) is 3. The fourth-order valence-corrected chi connectivity index (χ4v) is 4.15. The van der Waals surface area contributed by atoms with Gasteiger partial charge < -0.3 is 15.2 Å². The van der Waals surface area contributed by atoms with E-state index in [-0.39, 0.29) is 12.8 Å². The molecule has 0 amide bonds. The van der Waals surface area contributed by atoms with Crippen molar-refractivity contribution < 1.29 is 9.47 Å². The molecule has 2 aliphatic heterocycles. The topological polar surface area (TPSA) is 73.0 Å². The lowest BCUT2D eigenvalue weighted by Crippen LogP contribution is -2.29. The zero-order valence-corrected chi connectivity index (χ0v) is 15.6. The summed E-state index contributed by atoms with van der Waals surface area (Å²) in [7, 11) is 0. The number of nitrogens with two attached hydrogens (primary N) is 1. The Bertz CT molecular complexity index is 1020. The first-order valence-corrected chi connectivity index (χ1v) is 9.63. The van der Waals surface area contributed by atoms with Crippen LogP contribution in [0.15, 0.2) is 53.1 Å². The highest BCUT2D eigenvalue weighted by atomic mass is 32.1. The van der Waals surface area contributed by atoms with Gasteiger partial charge in [0, 0.05) is 28.4 Å². The fourth-order valence-electron chi connectivity index (χ4n) is 3.45. The highest BCUT2D eigenvalue weighted by molar-refractivity contribution is 7.13. The van der Waals surface area contributed by atoms with Crippen LogP contribution in [-0.4, -0.2) is 23.5 Å². The minimum Gasteiger partial charge on any atom is -0.454 e. The summed E-state index contributed by atoms with van der Waals surface area (Å²) in [5.41, 5.74) is 10.7. The highest BCUT2D eigenvalue weighted by Gasteiger charge is 2.28. The summed E-state index contributed by atoms with van der Waals surface area (Å²) in [6, 6.07) is 12.1. The van der Waals surface area contributed by atoms with Gasteiger partial charge in [-0.2, -0.15) is 5.10 Å². The SMILES string of the molecule is CC1Cc2cc3c(cc2C(c2ccc(N)cc2)=NN1c1nccs1)OCO3.